The van der Waals surface area contributed by atoms with Gasteiger partial charge in [-0.15, -0.1) is 0 Å². The Morgan fingerprint density at radius 2 is 1.61 bits per heavy atom. The molecule has 1 N–H and O–H groups in total. The molecule has 7 rings (SSSR count). The first kappa shape index (κ1) is 43.5. The van der Waals surface area contributed by atoms with Crippen molar-refractivity contribution >= 4 is 55.5 Å². The lowest BCUT2D eigenvalue weighted by Gasteiger charge is -2.26. The molecular formula is C44H42ClF2N7O7S. The SMILES string of the molecule is COc1ccc(CN(c2nn(C)c3c(-n4c(C(Cc5cc(F)cc(F)c5)NC(=O)OC(C)(C)C)nc5nc(OCc6ccccc6)ccc5c4=O)ccc(Cl)c23)S(C)(=O)=O)cc1. The smallest absolute Gasteiger partial charge is 0.408 e. The molecule has 0 saturated carbocycles. The number of halogens is 3. The monoisotopic (exact) mass is 885 g/mol. The summed E-state index contributed by atoms with van der Waals surface area (Å²) >= 11 is 6.90. The Morgan fingerprint density at radius 3 is 2.26 bits per heavy atom. The Hall–Kier alpha value is -6.59. The van der Waals surface area contributed by atoms with Crippen molar-refractivity contribution in [1.82, 2.24) is 29.6 Å². The van der Waals surface area contributed by atoms with E-state index in [9.17, 15) is 22.0 Å². The van der Waals surface area contributed by atoms with Crippen molar-refractivity contribution in [1.29, 1.82) is 0 Å². The molecule has 0 bridgehead atoms. The molecule has 62 heavy (non-hydrogen) atoms. The molecule has 7 aromatic rings. The Bertz CT molecular complexity index is 2960. The maximum absolute atomic E-state index is 15.1. The van der Waals surface area contributed by atoms with Crippen molar-refractivity contribution in [2.75, 3.05) is 17.7 Å². The summed E-state index contributed by atoms with van der Waals surface area (Å²) in [5, 5.41) is 7.74. The fourth-order valence-electron chi connectivity index (χ4n) is 6.90. The highest BCUT2D eigenvalue weighted by Crippen LogP contribution is 2.38. The number of benzene rings is 4. The van der Waals surface area contributed by atoms with Crippen molar-refractivity contribution < 1.29 is 36.2 Å². The summed E-state index contributed by atoms with van der Waals surface area (Å²) < 4.78 is 76.9. The summed E-state index contributed by atoms with van der Waals surface area (Å²) in [5.41, 5.74) is 0.238. The number of ether oxygens (including phenoxy) is 3. The Morgan fingerprint density at radius 1 is 0.919 bits per heavy atom. The number of rotatable bonds is 13. The van der Waals surface area contributed by atoms with Crippen LogP contribution in [0, 0.1) is 11.6 Å². The van der Waals surface area contributed by atoms with Crippen molar-refractivity contribution in [2.24, 2.45) is 7.05 Å². The maximum Gasteiger partial charge on any atom is 0.408 e. The van der Waals surface area contributed by atoms with Gasteiger partial charge in [-0.3, -0.25) is 14.0 Å². The molecule has 1 amide bonds. The topological polar surface area (TPSA) is 160 Å². The minimum absolute atomic E-state index is 0.0310. The normalized spacial score (nSPS) is 12.3. The van der Waals surface area contributed by atoms with Crippen LogP contribution in [-0.2, 0) is 41.4 Å². The highest BCUT2D eigenvalue weighted by molar-refractivity contribution is 7.92. The van der Waals surface area contributed by atoms with Gasteiger partial charge in [-0.05, 0) is 79.9 Å². The summed E-state index contributed by atoms with van der Waals surface area (Å²) in [6.07, 6.45) is -0.162. The van der Waals surface area contributed by atoms with Crippen LogP contribution in [0.1, 0.15) is 49.3 Å². The molecule has 0 aliphatic rings. The zero-order valence-corrected chi connectivity index (χ0v) is 36.1. The highest BCUT2D eigenvalue weighted by Gasteiger charge is 2.31. The van der Waals surface area contributed by atoms with Gasteiger partial charge in [0.25, 0.3) is 5.56 Å². The first-order chi connectivity index (χ1) is 29.4. The number of hydrogen-bond donors (Lipinski definition) is 1. The van der Waals surface area contributed by atoms with Gasteiger partial charge in [-0.1, -0.05) is 54.1 Å². The lowest BCUT2D eigenvalue weighted by atomic mass is 10.0. The van der Waals surface area contributed by atoms with Gasteiger partial charge in [0.05, 0.1) is 53.0 Å². The zero-order valence-electron chi connectivity index (χ0n) is 34.5. The number of amides is 1. The molecule has 0 aliphatic heterocycles. The summed E-state index contributed by atoms with van der Waals surface area (Å²) in [6.45, 7) is 5.00. The van der Waals surface area contributed by atoms with E-state index in [1.165, 1.54) is 40.6 Å². The average molecular weight is 886 g/mol. The van der Waals surface area contributed by atoms with Gasteiger partial charge in [-0.25, -0.2) is 31.3 Å². The van der Waals surface area contributed by atoms with Crippen molar-refractivity contribution in [2.45, 2.75) is 52.0 Å². The third-order valence-electron chi connectivity index (χ3n) is 9.59. The quantitative estimate of drug-likeness (QED) is 0.120. The van der Waals surface area contributed by atoms with E-state index in [0.717, 1.165) is 28.3 Å². The number of carbonyl (C=O) groups excluding carboxylic acids is 1. The molecule has 0 fully saturated rings. The Labute approximate surface area is 360 Å². The number of aryl methyl sites for hydroxylation is 1. The van der Waals surface area contributed by atoms with Gasteiger partial charge in [0, 0.05) is 25.6 Å². The van der Waals surface area contributed by atoms with E-state index in [1.807, 2.05) is 30.3 Å². The van der Waals surface area contributed by atoms with Crippen LogP contribution in [-0.4, -0.2) is 57.8 Å². The van der Waals surface area contributed by atoms with Gasteiger partial charge in [0.15, 0.2) is 11.5 Å². The molecule has 4 aromatic carbocycles. The number of fused-ring (bicyclic) bond motifs is 2. The van der Waals surface area contributed by atoms with Gasteiger partial charge in [-0.2, -0.15) is 10.1 Å². The van der Waals surface area contributed by atoms with E-state index >= 15 is 4.79 Å². The lowest BCUT2D eigenvalue weighted by Crippen LogP contribution is -2.39. The number of nitrogens with zero attached hydrogens (tertiary/aromatic N) is 6. The summed E-state index contributed by atoms with van der Waals surface area (Å²) in [6, 6.07) is 23.8. The first-order valence-corrected chi connectivity index (χ1v) is 21.4. The summed E-state index contributed by atoms with van der Waals surface area (Å²) in [7, 11) is -0.938. The van der Waals surface area contributed by atoms with E-state index < -0.39 is 45.0 Å². The second-order valence-corrected chi connectivity index (χ2v) is 17.8. The molecular weight excluding hydrogens is 844 g/mol. The Balaban J connectivity index is 1.47. The minimum atomic E-state index is -4.02. The van der Waals surface area contributed by atoms with Crippen LogP contribution in [0.2, 0.25) is 5.02 Å². The molecule has 18 heteroatoms. The number of sulfonamides is 1. The summed E-state index contributed by atoms with van der Waals surface area (Å²) in [5.74, 6) is -1.17. The van der Waals surface area contributed by atoms with E-state index in [4.69, 9.17) is 30.8 Å². The number of aromatic nitrogens is 5. The molecule has 1 atom stereocenters. The molecule has 3 heterocycles. The van der Waals surface area contributed by atoms with Crippen molar-refractivity contribution in [3.05, 3.63) is 147 Å². The first-order valence-electron chi connectivity index (χ1n) is 19.2. The molecule has 1 unspecified atom stereocenters. The molecule has 0 spiro atoms. The van der Waals surface area contributed by atoms with E-state index in [0.29, 0.717) is 17.4 Å². The fraction of sp³-hybridized carbons (Fsp3) is 0.250. The number of methoxy groups -OCH3 is 1. The lowest BCUT2D eigenvalue weighted by molar-refractivity contribution is 0.0500. The van der Waals surface area contributed by atoms with Gasteiger partial charge in [0.2, 0.25) is 15.9 Å². The second kappa shape index (κ2) is 17.4. The van der Waals surface area contributed by atoms with E-state index in [1.54, 1.807) is 52.1 Å². The molecule has 0 aliphatic carbocycles. The van der Waals surface area contributed by atoms with Crippen LogP contribution >= 0.6 is 11.6 Å². The molecule has 14 nitrogen and oxygen atoms in total. The largest absolute Gasteiger partial charge is 0.497 e. The molecule has 0 radical (unpaired) electrons. The van der Waals surface area contributed by atoms with Crippen LogP contribution < -0.4 is 24.7 Å². The predicted molar refractivity (Wildman–Crippen MR) is 231 cm³/mol. The standard InChI is InChI=1S/C44H42ClF2N7O7S/c1-44(2,3)61-43(56)48-34(22-28-20-29(46)23-30(47)21-28)40-50-39-32(16-19-36(49-39)60-25-27-10-8-7-9-11-27)42(55)54(40)35-18-17-33(45)37-38(35)52(4)51-41(37)53(62(6,57)58)24-26-12-14-31(59-5)15-13-26/h7-21,23,34H,22,24-25H2,1-6H3,(H,48,56). The van der Waals surface area contributed by atoms with Crippen LogP contribution in [0.25, 0.3) is 27.6 Å². The average Bonchev–Trinajstić information content (AvgIpc) is 3.55. The van der Waals surface area contributed by atoms with Crippen molar-refractivity contribution in [3.8, 4) is 17.3 Å². The van der Waals surface area contributed by atoms with Crippen LogP contribution in [0.4, 0.5) is 19.4 Å². The van der Waals surface area contributed by atoms with Crippen molar-refractivity contribution in [3.63, 3.8) is 0 Å². The van der Waals surface area contributed by atoms with Gasteiger partial charge < -0.3 is 19.5 Å². The van der Waals surface area contributed by atoms with E-state index in [-0.39, 0.29) is 75.3 Å². The van der Waals surface area contributed by atoms with Crippen LogP contribution in [0.3, 0.4) is 0 Å². The van der Waals surface area contributed by atoms with Gasteiger partial charge >= 0.3 is 6.09 Å². The second-order valence-electron chi connectivity index (χ2n) is 15.4. The molecule has 3 aromatic heterocycles. The third-order valence-corrected chi connectivity index (χ3v) is 11.0. The predicted octanol–water partition coefficient (Wildman–Crippen LogP) is 7.96. The number of pyridine rings is 1. The minimum Gasteiger partial charge on any atom is -0.497 e. The van der Waals surface area contributed by atoms with Crippen LogP contribution in [0.15, 0.2) is 102 Å². The number of carbonyl (C=O) groups is 1. The molecule has 322 valence electrons. The summed E-state index contributed by atoms with van der Waals surface area (Å²) in [4.78, 5) is 38.1. The number of alkyl carbamates (subject to hydrolysis) is 1. The van der Waals surface area contributed by atoms with Crippen LogP contribution in [0.5, 0.6) is 11.6 Å². The fourth-order valence-corrected chi connectivity index (χ4v) is 7.97. The number of nitrogens with one attached hydrogen (secondary N) is 1. The van der Waals surface area contributed by atoms with Gasteiger partial charge in [0.1, 0.15) is 35.4 Å². The highest BCUT2D eigenvalue weighted by atomic mass is 35.5. The Kier molecular flexibility index (Phi) is 12.2. The zero-order chi connectivity index (χ0) is 44.5. The third kappa shape index (κ3) is 9.63. The molecule has 0 saturated heterocycles. The maximum atomic E-state index is 15.1. The van der Waals surface area contributed by atoms with E-state index in [2.05, 4.69) is 15.4 Å². The number of anilines is 1. The number of hydrogen-bond acceptors (Lipinski definition) is 10.